The summed E-state index contributed by atoms with van der Waals surface area (Å²) in [5, 5.41) is 3.30. The van der Waals surface area contributed by atoms with Gasteiger partial charge >= 0.3 is 6.61 Å². The van der Waals surface area contributed by atoms with Gasteiger partial charge in [-0.3, -0.25) is 4.99 Å². The van der Waals surface area contributed by atoms with Gasteiger partial charge in [0.25, 0.3) is 0 Å². The van der Waals surface area contributed by atoms with E-state index in [1.165, 1.54) is 12.1 Å². The highest BCUT2D eigenvalue weighted by Gasteiger charge is 2.08. The second-order valence-electron chi connectivity index (χ2n) is 5.66. The molecule has 1 N–H and O–H groups in total. The predicted octanol–water partition coefficient (Wildman–Crippen LogP) is 3.36. The number of ether oxygens (including phenoxy) is 3. The van der Waals surface area contributed by atoms with E-state index in [4.69, 9.17) is 9.47 Å². The zero-order valence-corrected chi connectivity index (χ0v) is 18.5. The fraction of sp³-hybridized carbons (Fsp3) is 0.611. The molecule has 0 bridgehead atoms. The maximum atomic E-state index is 12.2. The first kappa shape index (κ1) is 25.8. The SMILES string of the molecule is CN=C(NCCCCOCCOC)N(C)Cc1ccc(OC(F)F)cc1.I. The molecule has 1 rings (SSSR count). The van der Waals surface area contributed by atoms with Crippen molar-refractivity contribution in [3.05, 3.63) is 29.8 Å². The molecule has 0 radical (unpaired) electrons. The lowest BCUT2D eigenvalue weighted by molar-refractivity contribution is -0.0498. The van der Waals surface area contributed by atoms with Crippen molar-refractivity contribution >= 4 is 29.9 Å². The van der Waals surface area contributed by atoms with E-state index < -0.39 is 6.61 Å². The molecule has 0 saturated heterocycles. The Hall–Kier alpha value is -1.20. The lowest BCUT2D eigenvalue weighted by Crippen LogP contribution is -2.38. The smallest absolute Gasteiger partial charge is 0.387 e. The molecular weight excluding hydrogens is 471 g/mol. The number of unbranched alkanes of at least 4 members (excludes halogenated alkanes) is 1. The van der Waals surface area contributed by atoms with Crippen LogP contribution in [0.25, 0.3) is 0 Å². The molecule has 156 valence electrons. The summed E-state index contributed by atoms with van der Waals surface area (Å²) < 4.78 is 39.0. The largest absolute Gasteiger partial charge is 0.435 e. The van der Waals surface area contributed by atoms with Gasteiger partial charge in [0, 0.05) is 40.9 Å². The molecule has 27 heavy (non-hydrogen) atoms. The third-order valence-electron chi connectivity index (χ3n) is 3.57. The van der Waals surface area contributed by atoms with E-state index >= 15 is 0 Å². The molecule has 0 unspecified atom stereocenters. The quantitative estimate of drug-likeness (QED) is 0.206. The topological polar surface area (TPSA) is 55.3 Å². The Morgan fingerprint density at radius 3 is 2.44 bits per heavy atom. The van der Waals surface area contributed by atoms with Crippen molar-refractivity contribution in [2.75, 3.05) is 47.6 Å². The number of halogens is 3. The van der Waals surface area contributed by atoms with Crippen LogP contribution in [0.3, 0.4) is 0 Å². The summed E-state index contributed by atoms with van der Waals surface area (Å²) in [7, 11) is 5.31. The Morgan fingerprint density at radius 1 is 1.15 bits per heavy atom. The lowest BCUT2D eigenvalue weighted by atomic mass is 10.2. The molecule has 0 fully saturated rings. The first-order valence-electron chi connectivity index (χ1n) is 8.59. The van der Waals surface area contributed by atoms with Crippen LogP contribution in [0.2, 0.25) is 0 Å². The zero-order chi connectivity index (χ0) is 19.2. The molecule has 0 spiro atoms. The van der Waals surface area contributed by atoms with Gasteiger partial charge in [-0.25, -0.2) is 0 Å². The maximum absolute atomic E-state index is 12.2. The standard InChI is InChI=1S/C18H29F2N3O3.HI/c1-21-18(22-10-4-5-11-25-13-12-24-3)23(2)14-15-6-8-16(9-7-15)26-17(19)20;/h6-9,17H,4-5,10-14H2,1-3H3,(H,21,22);1H. The molecule has 9 heteroatoms. The van der Waals surface area contributed by atoms with Gasteiger partial charge in [0.05, 0.1) is 13.2 Å². The molecule has 0 aliphatic carbocycles. The number of aliphatic imine (C=N–C) groups is 1. The minimum absolute atomic E-state index is 0. The van der Waals surface area contributed by atoms with Crippen LogP contribution in [0, 0.1) is 0 Å². The number of rotatable bonds is 12. The molecule has 0 aliphatic heterocycles. The Balaban J connectivity index is 0.00000676. The van der Waals surface area contributed by atoms with Crippen molar-refractivity contribution in [3.63, 3.8) is 0 Å². The summed E-state index contributed by atoms with van der Waals surface area (Å²) >= 11 is 0. The van der Waals surface area contributed by atoms with E-state index in [0.717, 1.165) is 30.9 Å². The van der Waals surface area contributed by atoms with Crippen LogP contribution in [0.4, 0.5) is 8.78 Å². The Labute approximate surface area is 177 Å². The van der Waals surface area contributed by atoms with Crippen molar-refractivity contribution in [2.45, 2.75) is 26.0 Å². The van der Waals surface area contributed by atoms with E-state index in [0.29, 0.717) is 26.4 Å². The van der Waals surface area contributed by atoms with Crippen LogP contribution in [0.5, 0.6) is 5.75 Å². The highest BCUT2D eigenvalue weighted by Crippen LogP contribution is 2.15. The van der Waals surface area contributed by atoms with Crippen LogP contribution >= 0.6 is 24.0 Å². The van der Waals surface area contributed by atoms with E-state index in [1.807, 2.05) is 11.9 Å². The van der Waals surface area contributed by atoms with Gasteiger partial charge < -0.3 is 24.4 Å². The number of benzene rings is 1. The average molecular weight is 501 g/mol. The lowest BCUT2D eigenvalue weighted by Gasteiger charge is -2.22. The monoisotopic (exact) mass is 501 g/mol. The normalized spacial score (nSPS) is 11.3. The number of methoxy groups -OCH3 is 1. The molecule has 0 aliphatic rings. The maximum Gasteiger partial charge on any atom is 0.387 e. The molecule has 6 nitrogen and oxygen atoms in total. The number of nitrogens with one attached hydrogen (secondary N) is 1. The van der Waals surface area contributed by atoms with Crippen molar-refractivity contribution < 1.29 is 23.0 Å². The molecule has 0 atom stereocenters. The van der Waals surface area contributed by atoms with Gasteiger partial charge in [0.2, 0.25) is 0 Å². The second kappa shape index (κ2) is 15.8. The van der Waals surface area contributed by atoms with Crippen LogP contribution in [0.1, 0.15) is 18.4 Å². The summed E-state index contributed by atoms with van der Waals surface area (Å²) in [5.41, 5.74) is 0.976. The van der Waals surface area contributed by atoms with E-state index in [9.17, 15) is 8.78 Å². The number of nitrogens with zero attached hydrogens (tertiary/aromatic N) is 2. The van der Waals surface area contributed by atoms with Gasteiger partial charge in [-0.15, -0.1) is 24.0 Å². The highest BCUT2D eigenvalue weighted by atomic mass is 127. The first-order valence-corrected chi connectivity index (χ1v) is 8.59. The van der Waals surface area contributed by atoms with Crippen LogP contribution in [-0.4, -0.2) is 65.0 Å². The summed E-state index contributed by atoms with van der Waals surface area (Å²) in [5.74, 6) is 0.930. The molecule has 0 heterocycles. The molecule has 1 aromatic rings. The van der Waals surface area contributed by atoms with E-state index in [2.05, 4.69) is 15.0 Å². The van der Waals surface area contributed by atoms with Gasteiger partial charge in [0.1, 0.15) is 5.75 Å². The first-order chi connectivity index (χ1) is 12.6. The fourth-order valence-corrected chi connectivity index (χ4v) is 2.28. The highest BCUT2D eigenvalue weighted by molar-refractivity contribution is 14.0. The van der Waals surface area contributed by atoms with E-state index in [-0.39, 0.29) is 29.7 Å². The Kier molecular flexibility index (Phi) is 15.1. The third-order valence-corrected chi connectivity index (χ3v) is 3.57. The number of hydrogen-bond acceptors (Lipinski definition) is 4. The minimum Gasteiger partial charge on any atom is -0.435 e. The third kappa shape index (κ3) is 12.0. The molecular formula is C18H30F2IN3O3. The van der Waals surface area contributed by atoms with Gasteiger partial charge in [-0.1, -0.05) is 12.1 Å². The van der Waals surface area contributed by atoms with Gasteiger partial charge in [-0.2, -0.15) is 8.78 Å². The Bertz CT molecular complexity index is 519. The summed E-state index contributed by atoms with van der Waals surface area (Å²) in [6, 6.07) is 6.60. The van der Waals surface area contributed by atoms with Crippen molar-refractivity contribution in [1.29, 1.82) is 0 Å². The van der Waals surface area contributed by atoms with Crippen molar-refractivity contribution in [3.8, 4) is 5.75 Å². The molecule has 1 aromatic carbocycles. The average Bonchev–Trinajstić information content (AvgIpc) is 2.61. The van der Waals surface area contributed by atoms with Gasteiger partial charge in [0.15, 0.2) is 5.96 Å². The van der Waals surface area contributed by atoms with E-state index in [1.54, 1.807) is 26.3 Å². The minimum atomic E-state index is -2.81. The second-order valence-corrected chi connectivity index (χ2v) is 5.66. The number of hydrogen-bond donors (Lipinski definition) is 1. The van der Waals surface area contributed by atoms with Gasteiger partial charge in [-0.05, 0) is 30.5 Å². The van der Waals surface area contributed by atoms with Crippen molar-refractivity contribution in [2.24, 2.45) is 4.99 Å². The predicted molar refractivity (Wildman–Crippen MR) is 113 cm³/mol. The van der Waals surface area contributed by atoms with Crippen molar-refractivity contribution in [1.82, 2.24) is 10.2 Å². The summed E-state index contributed by atoms with van der Waals surface area (Å²) in [4.78, 5) is 6.23. The number of alkyl halides is 2. The summed E-state index contributed by atoms with van der Waals surface area (Å²) in [6.45, 7) is 0.546. The molecule has 0 aromatic heterocycles. The molecule has 0 amide bonds. The van der Waals surface area contributed by atoms with Crippen LogP contribution < -0.4 is 10.1 Å². The van der Waals surface area contributed by atoms with Crippen LogP contribution in [0.15, 0.2) is 29.3 Å². The summed E-state index contributed by atoms with van der Waals surface area (Å²) in [6.07, 6.45) is 1.93. The number of guanidine groups is 1. The van der Waals surface area contributed by atoms with Crippen LogP contribution in [-0.2, 0) is 16.0 Å². The fourth-order valence-electron chi connectivity index (χ4n) is 2.28. The Morgan fingerprint density at radius 2 is 1.85 bits per heavy atom. The molecule has 0 saturated carbocycles. The zero-order valence-electron chi connectivity index (χ0n) is 16.1.